The maximum Gasteiger partial charge on any atom is 0.228 e. The molecule has 0 radical (unpaired) electrons. The smallest absolute Gasteiger partial charge is 0.228 e. The zero-order valence-electron chi connectivity index (χ0n) is 20.8. The number of alkyl halides is 1. The Morgan fingerprint density at radius 3 is 1.71 bits per heavy atom. The van der Waals surface area contributed by atoms with Crippen molar-refractivity contribution in [3.63, 3.8) is 0 Å². The van der Waals surface area contributed by atoms with Crippen LogP contribution in [0.1, 0.15) is 130 Å². The molecule has 3 unspecified atom stereocenters. The zero-order valence-corrected chi connectivity index (χ0v) is 22.4. The summed E-state index contributed by atoms with van der Waals surface area (Å²) in [6.45, 7) is 9.30. The average molecular weight is 499 g/mol. The van der Waals surface area contributed by atoms with E-state index >= 15 is 0 Å². The number of amides is 1. The number of rotatable bonds is 16. The topological polar surface area (TPSA) is 46.2 Å². The number of fused-ring (bicyclic) bond motifs is 2. The van der Waals surface area contributed by atoms with E-state index in [0.717, 1.165) is 25.8 Å². The molecule has 0 aromatic rings. The van der Waals surface area contributed by atoms with Crippen molar-refractivity contribution in [2.24, 2.45) is 16.2 Å². The van der Waals surface area contributed by atoms with Crippen LogP contribution < -0.4 is 5.32 Å². The van der Waals surface area contributed by atoms with Crippen molar-refractivity contribution in [1.82, 2.24) is 5.32 Å². The van der Waals surface area contributed by atoms with Gasteiger partial charge in [-0.2, -0.15) is 0 Å². The molecular formula is C27H48BrNO2. The molecule has 31 heavy (non-hydrogen) atoms. The first kappa shape index (κ1) is 26.9. The molecule has 3 atom stereocenters. The Balaban J connectivity index is 1.51. The lowest BCUT2D eigenvalue weighted by atomic mass is 9.64. The molecule has 0 heterocycles. The molecule has 0 aromatic carbocycles. The number of unbranched alkanes of at least 4 members (excludes halogenated alkanes) is 13. The number of carbonyl (C=O) groups excluding carboxylic acids is 2. The molecule has 2 aliphatic rings. The summed E-state index contributed by atoms with van der Waals surface area (Å²) in [5, 5.41) is 3.19. The van der Waals surface area contributed by atoms with E-state index in [2.05, 4.69) is 48.9 Å². The normalized spacial score (nSPS) is 28.9. The molecule has 2 aliphatic carbocycles. The summed E-state index contributed by atoms with van der Waals surface area (Å²) in [5.74, 6) is 0.305. The highest BCUT2D eigenvalue weighted by molar-refractivity contribution is 9.10. The maximum absolute atomic E-state index is 13.2. The van der Waals surface area contributed by atoms with Crippen LogP contribution in [0.5, 0.6) is 0 Å². The van der Waals surface area contributed by atoms with Crippen molar-refractivity contribution in [3.8, 4) is 0 Å². The predicted octanol–water partition coefficient (Wildman–Crippen LogP) is 7.74. The van der Waals surface area contributed by atoms with Gasteiger partial charge in [0.15, 0.2) is 5.78 Å². The molecule has 2 saturated carbocycles. The standard InChI is InChI=1S/C27H48BrNO2/c1-5-6-7-8-9-10-11-12-13-14-15-16-17-18-21-29-24(31)27-20-19-26(4,25(27,2)3)23(30)22(27)28/h22H,5-21H2,1-4H3,(H,29,31). The molecule has 2 fully saturated rings. The second-order valence-corrected chi connectivity index (χ2v) is 11.9. The molecule has 1 amide bonds. The van der Waals surface area contributed by atoms with Crippen LogP contribution in [0, 0.1) is 16.2 Å². The number of hydrogen-bond acceptors (Lipinski definition) is 2. The van der Waals surface area contributed by atoms with Crippen LogP contribution in [0.2, 0.25) is 0 Å². The fourth-order valence-electron chi connectivity index (χ4n) is 6.13. The van der Waals surface area contributed by atoms with Crippen molar-refractivity contribution in [2.75, 3.05) is 6.54 Å². The summed E-state index contributed by atoms with van der Waals surface area (Å²) in [7, 11) is 0. The van der Waals surface area contributed by atoms with Gasteiger partial charge in [0.25, 0.3) is 0 Å². The van der Waals surface area contributed by atoms with Gasteiger partial charge in [-0.3, -0.25) is 9.59 Å². The van der Waals surface area contributed by atoms with Gasteiger partial charge in [0.2, 0.25) is 5.91 Å². The molecule has 0 saturated heterocycles. The Labute approximate surface area is 200 Å². The first-order valence-electron chi connectivity index (χ1n) is 13.2. The van der Waals surface area contributed by atoms with Gasteiger partial charge in [-0.25, -0.2) is 0 Å². The summed E-state index contributed by atoms with van der Waals surface area (Å²) in [6, 6.07) is 0. The van der Waals surface area contributed by atoms with E-state index in [0.29, 0.717) is 0 Å². The van der Waals surface area contributed by atoms with Gasteiger partial charge >= 0.3 is 0 Å². The average Bonchev–Trinajstić information content (AvgIpc) is 3.02. The Bertz CT molecular complexity index is 590. The van der Waals surface area contributed by atoms with E-state index in [4.69, 9.17) is 0 Å². The number of ketones is 1. The maximum atomic E-state index is 13.2. The van der Waals surface area contributed by atoms with Crippen molar-refractivity contribution < 1.29 is 9.59 Å². The molecule has 0 aromatic heterocycles. The number of nitrogens with one attached hydrogen (secondary N) is 1. The molecule has 4 heteroatoms. The number of halogens is 1. The minimum atomic E-state index is -0.588. The first-order valence-corrected chi connectivity index (χ1v) is 14.1. The predicted molar refractivity (Wildman–Crippen MR) is 135 cm³/mol. The lowest BCUT2D eigenvalue weighted by molar-refractivity contribution is -0.135. The fraction of sp³-hybridized carbons (Fsp3) is 0.926. The van der Waals surface area contributed by atoms with Crippen LogP contribution in [0.15, 0.2) is 0 Å². The highest BCUT2D eigenvalue weighted by Gasteiger charge is 2.76. The Kier molecular flexibility index (Phi) is 10.6. The minimum Gasteiger partial charge on any atom is -0.356 e. The SMILES string of the molecule is CCCCCCCCCCCCCCCCNC(=O)C12CCC(C)(C(=O)C1Br)C2(C)C. The highest BCUT2D eigenvalue weighted by atomic mass is 79.9. The molecule has 0 spiro atoms. The summed E-state index contributed by atoms with van der Waals surface area (Å²) in [4.78, 5) is 25.6. The van der Waals surface area contributed by atoms with Crippen molar-refractivity contribution >= 4 is 27.6 Å². The van der Waals surface area contributed by atoms with E-state index in [1.54, 1.807) is 0 Å². The van der Waals surface area contributed by atoms with Crippen LogP contribution in [0.4, 0.5) is 0 Å². The van der Waals surface area contributed by atoms with E-state index in [1.165, 1.54) is 83.5 Å². The second kappa shape index (κ2) is 12.2. The van der Waals surface area contributed by atoms with E-state index in [1.807, 2.05) is 0 Å². The van der Waals surface area contributed by atoms with Crippen LogP contribution in [0.3, 0.4) is 0 Å². The third kappa shape index (κ3) is 5.58. The molecule has 2 rings (SSSR count). The first-order chi connectivity index (χ1) is 14.8. The van der Waals surface area contributed by atoms with E-state index in [-0.39, 0.29) is 27.3 Å². The van der Waals surface area contributed by atoms with Crippen LogP contribution in [-0.2, 0) is 9.59 Å². The van der Waals surface area contributed by atoms with Gasteiger partial charge < -0.3 is 5.32 Å². The quantitative estimate of drug-likeness (QED) is 0.175. The van der Waals surface area contributed by atoms with Gasteiger partial charge in [-0.15, -0.1) is 0 Å². The molecule has 0 aliphatic heterocycles. The summed E-state index contributed by atoms with van der Waals surface area (Å²) in [6.07, 6.45) is 20.4. The van der Waals surface area contributed by atoms with Gasteiger partial charge in [-0.1, -0.05) is 127 Å². The zero-order chi connectivity index (χ0) is 23.0. The molecule has 3 nitrogen and oxygen atoms in total. The largest absolute Gasteiger partial charge is 0.356 e. The van der Waals surface area contributed by atoms with E-state index in [9.17, 15) is 9.59 Å². The van der Waals surface area contributed by atoms with Crippen molar-refractivity contribution in [2.45, 2.75) is 135 Å². The minimum absolute atomic E-state index is 0.0867. The van der Waals surface area contributed by atoms with Gasteiger partial charge in [-0.05, 0) is 24.7 Å². The summed E-state index contributed by atoms with van der Waals surface area (Å²) < 4.78 is 0. The van der Waals surface area contributed by atoms with Gasteiger partial charge in [0.05, 0.1) is 10.2 Å². The van der Waals surface area contributed by atoms with Crippen LogP contribution in [0.25, 0.3) is 0 Å². The molecule has 2 bridgehead atoms. The molecule has 1 N–H and O–H groups in total. The van der Waals surface area contributed by atoms with Crippen LogP contribution in [-0.4, -0.2) is 23.1 Å². The number of hydrogen-bond donors (Lipinski definition) is 1. The fourth-order valence-corrected chi connectivity index (χ4v) is 7.65. The lowest BCUT2D eigenvalue weighted by Gasteiger charge is -2.39. The third-order valence-electron chi connectivity index (χ3n) is 8.94. The Hall–Kier alpha value is -0.380. The molecular weight excluding hydrogens is 450 g/mol. The van der Waals surface area contributed by atoms with E-state index < -0.39 is 5.41 Å². The Morgan fingerprint density at radius 2 is 1.29 bits per heavy atom. The molecule has 180 valence electrons. The van der Waals surface area contributed by atoms with Crippen LogP contribution >= 0.6 is 15.9 Å². The number of carbonyl (C=O) groups is 2. The lowest BCUT2D eigenvalue weighted by Crippen LogP contribution is -2.51. The van der Waals surface area contributed by atoms with Gasteiger partial charge in [0.1, 0.15) is 0 Å². The summed E-state index contributed by atoms with van der Waals surface area (Å²) in [5.41, 5.74) is -1.27. The van der Waals surface area contributed by atoms with Gasteiger partial charge in [0, 0.05) is 12.0 Å². The third-order valence-corrected chi connectivity index (χ3v) is 10.1. The monoisotopic (exact) mass is 497 g/mol. The van der Waals surface area contributed by atoms with Crippen molar-refractivity contribution in [1.29, 1.82) is 0 Å². The number of Topliss-reactive ketones (excluding diaryl/α,β-unsaturated/α-hetero) is 1. The Morgan fingerprint density at radius 1 is 0.839 bits per heavy atom. The van der Waals surface area contributed by atoms with Crippen molar-refractivity contribution in [3.05, 3.63) is 0 Å². The highest BCUT2D eigenvalue weighted by Crippen LogP contribution is 2.72. The summed E-state index contributed by atoms with van der Waals surface area (Å²) >= 11 is 3.61. The second-order valence-electron chi connectivity index (χ2n) is 11.0.